The molecular weight excluding hydrogens is 260 g/mol. The Labute approximate surface area is 109 Å². The average molecular weight is 276 g/mol. The highest BCUT2D eigenvalue weighted by Crippen LogP contribution is 2.43. The molecule has 1 fully saturated rings. The minimum atomic E-state index is -4.19. The highest BCUT2D eigenvalue weighted by Gasteiger charge is 2.43. The summed E-state index contributed by atoms with van der Waals surface area (Å²) in [7, 11) is 0. The first-order valence-corrected chi connectivity index (χ1v) is 6.31. The molecule has 0 amide bonds. The second-order valence-electron chi connectivity index (χ2n) is 5.09. The maximum atomic E-state index is 13.6. The van der Waals surface area contributed by atoms with Crippen LogP contribution >= 0.6 is 0 Å². The zero-order chi connectivity index (χ0) is 14.0. The smallest absolute Gasteiger partial charge is 0.324 e. The van der Waals surface area contributed by atoms with E-state index >= 15 is 0 Å². The van der Waals surface area contributed by atoms with Crippen molar-refractivity contribution >= 4 is 0 Å². The topological polar surface area (TPSA) is 38.9 Å². The third kappa shape index (κ3) is 3.23. The van der Waals surface area contributed by atoms with Crippen LogP contribution in [-0.2, 0) is 0 Å². The van der Waals surface area contributed by atoms with Gasteiger partial charge in [-0.2, -0.15) is 13.2 Å². The fraction of sp³-hybridized carbons (Fsp3) is 0.615. The summed E-state index contributed by atoms with van der Waals surface area (Å²) in [5.74, 6) is -2.20. The molecule has 0 bridgehead atoms. The van der Waals surface area contributed by atoms with Crippen LogP contribution in [0, 0.1) is 17.7 Å². The molecule has 3 unspecified atom stereocenters. The molecule has 3 atom stereocenters. The van der Waals surface area contributed by atoms with Crippen molar-refractivity contribution in [2.75, 3.05) is 0 Å². The SMILES string of the molecule is NC(c1ccncc1F)C1CCCC(C(F)(F)F)C1. The summed E-state index contributed by atoms with van der Waals surface area (Å²) in [5.41, 5.74) is 6.19. The molecule has 1 aromatic rings. The molecule has 0 radical (unpaired) electrons. The maximum Gasteiger partial charge on any atom is 0.391 e. The minimum absolute atomic E-state index is 0.0214. The lowest BCUT2D eigenvalue weighted by Crippen LogP contribution is -2.33. The van der Waals surface area contributed by atoms with E-state index in [-0.39, 0.29) is 24.3 Å². The molecule has 2 rings (SSSR count). The Morgan fingerprint density at radius 3 is 2.68 bits per heavy atom. The second-order valence-corrected chi connectivity index (χ2v) is 5.09. The van der Waals surface area contributed by atoms with E-state index in [0.717, 1.165) is 6.20 Å². The van der Waals surface area contributed by atoms with Gasteiger partial charge >= 0.3 is 6.18 Å². The van der Waals surface area contributed by atoms with Gasteiger partial charge in [0.05, 0.1) is 12.1 Å². The van der Waals surface area contributed by atoms with Gasteiger partial charge in [0.15, 0.2) is 0 Å². The fourth-order valence-electron chi connectivity index (χ4n) is 2.76. The van der Waals surface area contributed by atoms with Crippen LogP contribution in [0.4, 0.5) is 17.6 Å². The average Bonchev–Trinajstić information content (AvgIpc) is 2.38. The molecule has 1 heterocycles. The van der Waals surface area contributed by atoms with Gasteiger partial charge in [0, 0.05) is 17.8 Å². The Kier molecular flexibility index (Phi) is 4.08. The van der Waals surface area contributed by atoms with Crippen molar-refractivity contribution in [1.29, 1.82) is 0 Å². The highest BCUT2D eigenvalue weighted by molar-refractivity contribution is 5.18. The number of halogens is 4. The minimum Gasteiger partial charge on any atom is -0.324 e. The van der Waals surface area contributed by atoms with Gasteiger partial charge in [0.25, 0.3) is 0 Å². The fourth-order valence-corrected chi connectivity index (χ4v) is 2.76. The van der Waals surface area contributed by atoms with Crippen LogP contribution in [0.25, 0.3) is 0 Å². The third-order valence-corrected chi connectivity index (χ3v) is 3.85. The van der Waals surface area contributed by atoms with Gasteiger partial charge in [0.1, 0.15) is 5.82 Å². The lowest BCUT2D eigenvalue weighted by atomic mass is 9.76. The number of nitrogens with zero attached hydrogens (tertiary/aromatic N) is 1. The molecule has 106 valence electrons. The molecule has 6 heteroatoms. The zero-order valence-electron chi connectivity index (χ0n) is 10.3. The van der Waals surface area contributed by atoms with E-state index in [1.54, 1.807) is 0 Å². The van der Waals surface area contributed by atoms with E-state index in [4.69, 9.17) is 5.73 Å². The first-order chi connectivity index (χ1) is 8.89. The number of alkyl halides is 3. The first-order valence-electron chi connectivity index (χ1n) is 6.31. The third-order valence-electron chi connectivity index (χ3n) is 3.85. The predicted octanol–water partition coefficient (Wildman–Crippen LogP) is 3.59. The summed E-state index contributed by atoms with van der Waals surface area (Å²) >= 11 is 0. The summed E-state index contributed by atoms with van der Waals surface area (Å²) in [6.45, 7) is 0. The number of pyridine rings is 1. The van der Waals surface area contributed by atoms with E-state index < -0.39 is 24.0 Å². The van der Waals surface area contributed by atoms with Crippen LogP contribution < -0.4 is 5.73 Å². The number of hydrogen-bond acceptors (Lipinski definition) is 2. The van der Waals surface area contributed by atoms with Gasteiger partial charge in [-0.15, -0.1) is 0 Å². The van der Waals surface area contributed by atoms with Crippen molar-refractivity contribution in [2.45, 2.75) is 37.9 Å². The Morgan fingerprint density at radius 2 is 2.05 bits per heavy atom. The molecule has 2 nitrogen and oxygen atoms in total. The van der Waals surface area contributed by atoms with E-state index in [1.807, 2.05) is 0 Å². The van der Waals surface area contributed by atoms with E-state index in [0.29, 0.717) is 12.8 Å². The van der Waals surface area contributed by atoms with Crippen LogP contribution in [-0.4, -0.2) is 11.2 Å². The Balaban J connectivity index is 2.12. The summed E-state index contributed by atoms with van der Waals surface area (Å²) in [6, 6.07) is 0.741. The molecule has 0 spiro atoms. The van der Waals surface area contributed by atoms with Crippen molar-refractivity contribution in [3.63, 3.8) is 0 Å². The number of hydrogen-bond donors (Lipinski definition) is 1. The Bertz CT molecular complexity index is 433. The molecule has 0 saturated heterocycles. The molecule has 0 aliphatic heterocycles. The van der Waals surface area contributed by atoms with Crippen LogP contribution in [0.5, 0.6) is 0 Å². The monoisotopic (exact) mass is 276 g/mol. The second kappa shape index (κ2) is 5.45. The number of nitrogens with two attached hydrogens (primary N) is 1. The van der Waals surface area contributed by atoms with Gasteiger partial charge in [0.2, 0.25) is 0 Å². The lowest BCUT2D eigenvalue weighted by Gasteiger charge is -2.34. The largest absolute Gasteiger partial charge is 0.391 e. The summed E-state index contributed by atoms with van der Waals surface area (Å²) in [6.07, 6.45) is -0.528. The normalized spacial score (nSPS) is 26.2. The molecule has 1 aromatic heterocycles. The van der Waals surface area contributed by atoms with Crippen molar-refractivity contribution in [3.05, 3.63) is 29.8 Å². The van der Waals surface area contributed by atoms with Crippen LogP contribution in [0.1, 0.15) is 37.3 Å². The van der Waals surface area contributed by atoms with E-state index in [1.165, 1.54) is 12.3 Å². The maximum absolute atomic E-state index is 13.6. The molecule has 1 aliphatic carbocycles. The molecule has 2 N–H and O–H groups in total. The number of aromatic nitrogens is 1. The summed E-state index contributed by atoms with van der Waals surface area (Å²) in [5, 5.41) is 0. The summed E-state index contributed by atoms with van der Waals surface area (Å²) < 4.78 is 51.8. The first kappa shape index (κ1) is 14.2. The molecular formula is C13H16F4N2. The van der Waals surface area contributed by atoms with Crippen molar-refractivity contribution in [2.24, 2.45) is 17.6 Å². The van der Waals surface area contributed by atoms with Crippen molar-refractivity contribution < 1.29 is 17.6 Å². The molecule has 0 aromatic carbocycles. The van der Waals surface area contributed by atoms with Gasteiger partial charge in [-0.3, -0.25) is 4.98 Å². The molecule has 1 saturated carbocycles. The summed E-state index contributed by atoms with van der Waals surface area (Å²) in [4.78, 5) is 3.62. The quantitative estimate of drug-likeness (QED) is 0.838. The zero-order valence-corrected chi connectivity index (χ0v) is 10.3. The highest BCUT2D eigenvalue weighted by atomic mass is 19.4. The van der Waals surface area contributed by atoms with E-state index in [9.17, 15) is 17.6 Å². The standard InChI is InChI=1S/C13H16F4N2/c14-11-7-19-5-4-10(11)12(18)8-2-1-3-9(6-8)13(15,16)17/h4-5,7-9,12H,1-3,6,18H2. The molecule has 19 heavy (non-hydrogen) atoms. The van der Waals surface area contributed by atoms with E-state index in [2.05, 4.69) is 4.98 Å². The molecule has 1 aliphatic rings. The number of rotatable bonds is 2. The lowest BCUT2D eigenvalue weighted by molar-refractivity contribution is -0.186. The van der Waals surface area contributed by atoms with Gasteiger partial charge < -0.3 is 5.73 Å². The van der Waals surface area contributed by atoms with Crippen molar-refractivity contribution in [3.8, 4) is 0 Å². The Hall–Kier alpha value is -1.17. The Morgan fingerprint density at radius 1 is 1.32 bits per heavy atom. The van der Waals surface area contributed by atoms with Crippen LogP contribution in [0.15, 0.2) is 18.5 Å². The van der Waals surface area contributed by atoms with Crippen molar-refractivity contribution in [1.82, 2.24) is 4.98 Å². The van der Waals surface area contributed by atoms with Crippen LogP contribution in [0.3, 0.4) is 0 Å². The predicted molar refractivity (Wildman–Crippen MR) is 62.6 cm³/mol. The van der Waals surface area contributed by atoms with Gasteiger partial charge in [-0.05, 0) is 31.2 Å². The van der Waals surface area contributed by atoms with Gasteiger partial charge in [-0.1, -0.05) is 6.42 Å². The van der Waals surface area contributed by atoms with Crippen LogP contribution in [0.2, 0.25) is 0 Å². The van der Waals surface area contributed by atoms with Gasteiger partial charge in [-0.25, -0.2) is 4.39 Å².